The maximum absolute atomic E-state index is 12.2. The number of nitrogens with zero attached hydrogens (tertiary/aromatic N) is 1. The van der Waals surface area contributed by atoms with Crippen LogP contribution in [0.5, 0.6) is 0 Å². The van der Waals surface area contributed by atoms with Gasteiger partial charge in [0, 0.05) is 0 Å². The minimum absolute atomic E-state index is 0.0359. The summed E-state index contributed by atoms with van der Waals surface area (Å²) in [7, 11) is 0. The zero-order chi connectivity index (χ0) is 13.1. The summed E-state index contributed by atoms with van der Waals surface area (Å²) in [6, 6.07) is 6.84. The molecular weight excluding hydrogens is 235 g/mol. The molecule has 1 atom stereocenters. The number of alkyl halides is 3. The standard InChI is InChI=1S/C11H8F3NO2/c12-11(13,14)5-9(10(16)17)8-3-1-7(6-15)2-4-8/h1-4,9H,5H2,(H,16,17). The average molecular weight is 243 g/mol. The molecule has 1 aromatic rings. The zero-order valence-electron chi connectivity index (χ0n) is 8.53. The summed E-state index contributed by atoms with van der Waals surface area (Å²) in [6.45, 7) is 0. The normalized spacial score (nSPS) is 12.8. The molecule has 0 spiro atoms. The topological polar surface area (TPSA) is 61.1 Å². The van der Waals surface area contributed by atoms with Crippen molar-refractivity contribution in [1.29, 1.82) is 5.26 Å². The van der Waals surface area contributed by atoms with Gasteiger partial charge in [-0.3, -0.25) is 4.79 Å². The summed E-state index contributed by atoms with van der Waals surface area (Å²) in [5.41, 5.74) is 0.304. The maximum Gasteiger partial charge on any atom is 0.390 e. The Labute approximate surface area is 95.1 Å². The van der Waals surface area contributed by atoms with Gasteiger partial charge < -0.3 is 5.11 Å². The van der Waals surface area contributed by atoms with E-state index in [0.717, 1.165) is 0 Å². The van der Waals surface area contributed by atoms with Crippen LogP contribution < -0.4 is 0 Å². The molecule has 0 aliphatic carbocycles. The second kappa shape index (κ2) is 4.87. The molecule has 0 bridgehead atoms. The summed E-state index contributed by atoms with van der Waals surface area (Å²) < 4.78 is 36.5. The molecule has 17 heavy (non-hydrogen) atoms. The fourth-order valence-electron chi connectivity index (χ4n) is 1.37. The van der Waals surface area contributed by atoms with Crippen molar-refractivity contribution in [3.63, 3.8) is 0 Å². The van der Waals surface area contributed by atoms with E-state index in [0.29, 0.717) is 0 Å². The van der Waals surface area contributed by atoms with Crippen LogP contribution in [0.25, 0.3) is 0 Å². The minimum atomic E-state index is -4.54. The van der Waals surface area contributed by atoms with Crippen LogP contribution in [0.3, 0.4) is 0 Å². The van der Waals surface area contributed by atoms with Crippen molar-refractivity contribution in [2.45, 2.75) is 18.5 Å². The average Bonchev–Trinajstić information content (AvgIpc) is 2.25. The third-order valence-electron chi connectivity index (χ3n) is 2.18. The molecule has 0 amide bonds. The molecule has 0 radical (unpaired) electrons. The highest BCUT2D eigenvalue weighted by Gasteiger charge is 2.36. The van der Waals surface area contributed by atoms with Crippen molar-refractivity contribution >= 4 is 5.97 Å². The van der Waals surface area contributed by atoms with Gasteiger partial charge in [-0.25, -0.2) is 0 Å². The molecule has 0 fully saturated rings. The number of halogens is 3. The largest absolute Gasteiger partial charge is 0.481 e. The monoisotopic (exact) mass is 243 g/mol. The lowest BCUT2D eigenvalue weighted by Crippen LogP contribution is -2.20. The Hall–Kier alpha value is -2.03. The molecule has 1 unspecified atom stereocenters. The number of rotatable bonds is 3. The first kappa shape index (κ1) is 13.0. The van der Waals surface area contributed by atoms with Gasteiger partial charge in [-0.15, -0.1) is 0 Å². The van der Waals surface area contributed by atoms with Crippen LogP contribution in [-0.2, 0) is 4.79 Å². The van der Waals surface area contributed by atoms with Gasteiger partial charge in [0.2, 0.25) is 0 Å². The van der Waals surface area contributed by atoms with Crippen molar-refractivity contribution in [2.24, 2.45) is 0 Å². The van der Waals surface area contributed by atoms with Gasteiger partial charge in [0.15, 0.2) is 0 Å². The molecule has 1 aromatic carbocycles. The van der Waals surface area contributed by atoms with Gasteiger partial charge in [0.05, 0.1) is 24.0 Å². The molecule has 0 aromatic heterocycles. The van der Waals surface area contributed by atoms with E-state index in [1.807, 2.05) is 0 Å². The summed E-state index contributed by atoms with van der Waals surface area (Å²) in [4.78, 5) is 10.8. The lowest BCUT2D eigenvalue weighted by Gasteiger charge is -2.14. The first-order chi connectivity index (χ1) is 7.83. The number of benzene rings is 1. The van der Waals surface area contributed by atoms with E-state index in [-0.39, 0.29) is 11.1 Å². The molecule has 1 rings (SSSR count). The van der Waals surface area contributed by atoms with E-state index < -0.39 is 24.5 Å². The van der Waals surface area contributed by atoms with Crippen LogP contribution in [0.4, 0.5) is 13.2 Å². The molecule has 3 nitrogen and oxygen atoms in total. The first-order valence-corrected chi connectivity index (χ1v) is 4.63. The van der Waals surface area contributed by atoms with Crippen LogP contribution in [0, 0.1) is 11.3 Å². The molecule has 0 saturated carbocycles. The van der Waals surface area contributed by atoms with E-state index >= 15 is 0 Å². The highest BCUT2D eigenvalue weighted by molar-refractivity contribution is 5.76. The molecule has 0 saturated heterocycles. The van der Waals surface area contributed by atoms with Crippen molar-refractivity contribution < 1.29 is 23.1 Å². The fraction of sp³-hybridized carbons (Fsp3) is 0.273. The second-order valence-corrected chi connectivity index (χ2v) is 3.44. The molecule has 0 heterocycles. The maximum atomic E-state index is 12.2. The number of hydrogen-bond acceptors (Lipinski definition) is 2. The molecule has 1 N–H and O–H groups in total. The Bertz CT molecular complexity index is 445. The van der Waals surface area contributed by atoms with Gasteiger partial charge in [-0.1, -0.05) is 12.1 Å². The van der Waals surface area contributed by atoms with Crippen LogP contribution >= 0.6 is 0 Å². The fourth-order valence-corrected chi connectivity index (χ4v) is 1.37. The number of nitriles is 1. The van der Waals surface area contributed by atoms with Crippen LogP contribution in [0.2, 0.25) is 0 Å². The van der Waals surface area contributed by atoms with Gasteiger partial charge in [-0.2, -0.15) is 18.4 Å². The van der Waals surface area contributed by atoms with Crippen molar-refractivity contribution in [3.8, 4) is 6.07 Å². The third-order valence-corrected chi connectivity index (χ3v) is 2.18. The summed E-state index contributed by atoms with van der Waals surface area (Å²) in [5, 5.41) is 17.3. The van der Waals surface area contributed by atoms with E-state index in [1.165, 1.54) is 24.3 Å². The van der Waals surface area contributed by atoms with Gasteiger partial charge >= 0.3 is 12.1 Å². The molecule has 0 aliphatic heterocycles. The predicted molar refractivity (Wildman–Crippen MR) is 52.2 cm³/mol. The van der Waals surface area contributed by atoms with Crippen LogP contribution in [0.15, 0.2) is 24.3 Å². The molecule has 0 aliphatic rings. The lowest BCUT2D eigenvalue weighted by atomic mass is 9.95. The van der Waals surface area contributed by atoms with Crippen LogP contribution in [0.1, 0.15) is 23.5 Å². The quantitative estimate of drug-likeness (QED) is 0.887. The Morgan fingerprint density at radius 3 is 2.24 bits per heavy atom. The van der Waals surface area contributed by atoms with Gasteiger partial charge in [0.25, 0.3) is 0 Å². The SMILES string of the molecule is N#Cc1ccc(C(CC(F)(F)F)C(=O)O)cc1. The van der Waals surface area contributed by atoms with Gasteiger partial charge in [-0.05, 0) is 17.7 Å². The first-order valence-electron chi connectivity index (χ1n) is 4.63. The number of carbonyl (C=O) groups is 1. The summed E-state index contributed by atoms with van der Waals surface area (Å²) in [6.07, 6.45) is -5.97. The van der Waals surface area contributed by atoms with Crippen molar-refractivity contribution in [2.75, 3.05) is 0 Å². The van der Waals surface area contributed by atoms with Crippen molar-refractivity contribution in [1.82, 2.24) is 0 Å². The number of aliphatic carboxylic acids is 1. The summed E-state index contributed by atoms with van der Waals surface area (Å²) >= 11 is 0. The highest BCUT2D eigenvalue weighted by Crippen LogP contribution is 2.31. The zero-order valence-corrected chi connectivity index (χ0v) is 8.53. The molecule has 90 valence electrons. The smallest absolute Gasteiger partial charge is 0.390 e. The predicted octanol–water partition coefficient (Wildman–Crippen LogP) is 2.68. The Balaban J connectivity index is 2.99. The third kappa shape index (κ3) is 3.79. The van der Waals surface area contributed by atoms with E-state index in [4.69, 9.17) is 10.4 Å². The van der Waals surface area contributed by atoms with Crippen LogP contribution in [-0.4, -0.2) is 17.3 Å². The van der Waals surface area contributed by atoms with Gasteiger partial charge in [0.1, 0.15) is 0 Å². The van der Waals surface area contributed by atoms with E-state index in [1.54, 1.807) is 6.07 Å². The number of carboxylic acid groups (broad SMARTS) is 1. The second-order valence-electron chi connectivity index (χ2n) is 3.44. The Kier molecular flexibility index (Phi) is 3.73. The highest BCUT2D eigenvalue weighted by atomic mass is 19.4. The van der Waals surface area contributed by atoms with E-state index in [2.05, 4.69) is 0 Å². The molecule has 6 heteroatoms. The minimum Gasteiger partial charge on any atom is -0.481 e. The van der Waals surface area contributed by atoms with E-state index in [9.17, 15) is 18.0 Å². The Morgan fingerprint density at radius 2 is 1.88 bits per heavy atom. The number of carboxylic acids is 1. The number of hydrogen-bond donors (Lipinski definition) is 1. The Morgan fingerprint density at radius 1 is 1.35 bits per heavy atom. The van der Waals surface area contributed by atoms with Crippen molar-refractivity contribution in [3.05, 3.63) is 35.4 Å². The molecular formula is C11H8F3NO2. The lowest BCUT2D eigenvalue weighted by molar-refractivity contribution is -0.157. The summed E-state index contributed by atoms with van der Waals surface area (Å²) in [5.74, 6) is -3.17.